The van der Waals surface area contributed by atoms with E-state index in [1.807, 2.05) is 6.07 Å². The van der Waals surface area contributed by atoms with Gasteiger partial charge in [-0.2, -0.15) is 5.26 Å². The van der Waals surface area contributed by atoms with Gasteiger partial charge in [0.2, 0.25) is 0 Å². The highest BCUT2D eigenvalue weighted by Gasteiger charge is 2.36. The summed E-state index contributed by atoms with van der Waals surface area (Å²) >= 11 is 1.72. The van der Waals surface area contributed by atoms with Crippen LogP contribution in [0, 0.1) is 11.3 Å². The van der Waals surface area contributed by atoms with Crippen LogP contribution in [0.2, 0.25) is 0 Å². The molecule has 1 fully saturated rings. The van der Waals surface area contributed by atoms with E-state index in [0.717, 1.165) is 32.2 Å². The lowest BCUT2D eigenvalue weighted by Gasteiger charge is -2.35. The molecule has 1 heterocycles. The Bertz CT molecular complexity index is 385. The van der Waals surface area contributed by atoms with E-state index in [9.17, 15) is 5.26 Å². The smallest absolute Gasteiger partial charge is 0.109 e. The van der Waals surface area contributed by atoms with Gasteiger partial charge in [0.15, 0.2) is 0 Å². The average Bonchev–Trinajstić information content (AvgIpc) is 2.90. The summed E-state index contributed by atoms with van der Waals surface area (Å²) < 4.78 is 5.40. The van der Waals surface area contributed by atoms with Crippen LogP contribution in [-0.2, 0) is 11.3 Å². The number of methoxy groups -OCH3 is 1. The number of rotatable bonds is 4. The molecule has 0 amide bonds. The van der Waals surface area contributed by atoms with Crippen molar-refractivity contribution in [2.24, 2.45) is 0 Å². The van der Waals surface area contributed by atoms with Crippen LogP contribution in [0.3, 0.4) is 0 Å². The molecule has 0 bridgehead atoms. The lowest BCUT2D eigenvalue weighted by atomic mass is 9.81. The molecular formula is C13H18N2OS. The highest BCUT2D eigenvalue weighted by Crippen LogP contribution is 2.30. The summed E-state index contributed by atoms with van der Waals surface area (Å²) in [7, 11) is 1.73. The molecule has 1 aliphatic carbocycles. The highest BCUT2D eigenvalue weighted by atomic mass is 32.1. The Labute approximate surface area is 106 Å². The summed E-state index contributed by atoms with van der Waals surface area (Å²) in [5.74, 6) is 0. The van der Waals surface area contributed by atoms with Crippen LogP contribution in [0.25, 0.3) is 0 Å². The van der Waals surface area contributed by atoms with Crippen LogP contribution < -0.4 is 5.32 Å². The zero-order valence-electron chi connectivity index (χ0n) is 10.1. The van der Waals surface area contributed by atoms with Crippen molar-refractivity contribution in [2.45, 2.75) is 43.9 Å². The van der Waals surface area contributed by atoms with Gasteiger partial charge in [-0.3, -0.25) is 5.32 Å². The van der Waals surface area contributed by atoms with Gasteiger partial charge in [-0.15, -0.1) is 11.3 Å². The molecule has 2 rings (SSSR count). The minimum Gasteiger partial charge on any atom is -0.381 e. The van der Waals surface area contributed by atoms with Crippen LogP contribution in [0.15, 0.2) is 17.5 Å². The Balaban J connectivity index is 1.97. The Morgan fingerprint density at radius 1 is 1.71 bits per heavy atom. The van der Waals surface area contributed by atoms with Gasteiger partial charge < -0.3 is 4.74 Å². The molecule has 1 N–H and O–H groups in total. The zero-order valence-corrected chi connectivity index (χ0v) is 10.9. The first kappa shape index (κ1) is 12.6. The van der Waals surface area contributed by atoms with Crippen molar-refractivity contribution in [2.75, 3.05) is 7.11 Å². The molecule has 1 aromatic heterocycles. The molecule has 0 saturated heterocycles. The van der Waals surface area contributed by atoms with Crippen LogP contribution in [0.1, 0.15) is 30.6 Å². The standard InChI is InChI=1S/C13H18N2OS/c1-16-11-4-2-6-13(8-11,10-14)15-9-12-5-3-7-17-12/h3,5,7,11,15H,2,4,6,8-9H2,1H3. The second-order valence-electron chi connectivity index (χ2n) is 4.58. The maximum absolute atomic E-state index is 9.42. The van der Waals surface area contributed by atoms with Crippen LogP contribution in [0.5, 0.6) is 0 Å². The Hall–Kier alpha value is -0.890. The van der Waals surface area contributed by atoms with Gasteiger partial charge in [-0.1, -0.05) is 6.07 Å². The normalized spacial score (nSPS) is 28.8. The van der Waals surface area contributed by atoms with Crippen molar-refractivity contribution in [1.29, 1.82) is 5.26 Å². The Morgan fingerprint density at radius 3 is 3.24 bits per heavy atom. The number of hydrogen-bond donors (Lipinski definition) is 1. The molecule has 0 aromatic carbocycles. The number of nitriles is 1. The first-order valence-corrected chi connectivity index (χ1v) is 6.87. The predicted molar refractivity (Wildman–Crippen MR) is 68.8 cm³/mol. The van der Waals surface area contributed by atoms with E-state index < -0.39 is 5.54 Å². The van der Waals surface area contributed by atoms with Gasteiger partial charge in [0.05, 0.1) is 12.2 Å². The number of nitrogens with zero attached hydrogens (tertiary/aromatic N) is 1. The number of nitrogens with one attached hydrogen (secondary N) is 1. The van der Waals surface area contributed by atoms with E-state index in [2.05, 4.69) is 22.8 Å². The van der Waals surface area contributed by atoms with E-state index in [-0.39, 0.29) is 6.10 Å². The molecule has 1 aromatic rings. The van der Waals surface area contributed by atoms with Crippen LogP contribution in [-0.4, -0.2) is 18.8 Å². The van der Waals surface area contributed by atoms with E-state index in [1.165, 1.54) is 4.88 Å². The molecule has 92 valence electrons. The zero-order chi connectivity index (χ0) is 12.1. The second-order valence-corrected chi connectivity index (χ2v) is 5.61. The molecule has 0 spiro atoms. The highest BCUT2D eigenvalue weighted by molar-refractivity contribution is 7.09. The van der Waals surface area contributed by atoms with Crippen LogP contribution in [0.4, 0.5) is 0 Å². The van der Waals surface area contributed by atoms with E-state index >= 15 is 0 Å². The molecule has 0 radical (unpaired) electrons. The molecule has 2 unspecified atom stereocenters. The fourth-order valence-corrected chi connectivity index (χ4v) is 3.04. The van der Waals surface area contributed by atoms with Crippen molar-refractivity contribution in [3.05, 3.63) is 22.4 Å². The molecule has 0 aliphatic heterocycles. The largest absolute Gasteiger partial charge is 0.381 e. The minimum absolute atomic E-state index is 0.222. The van der Waals surface area contributed by atoms with Gasteiger partial charge in [0.25, 0.3) is 0 Å². The summed E-state index contributed by atoms with van der Waals surface area (Å²) in [6.45, 7) is 0.779. The monoisotopic (exact) mass is 250 g/mol. The van der Waals surface area contributed by atoms with Gasteiger partial charge >= 0.3 is 0 Å². The maximum Gasteiger partial charge on any atom is 0.109 e. The van der Waals surface area contributed by atoms with Crippen molar-refractivity contribution in [1.82, 2.24) is 5.32 Å². The lowest BCUT2D eigenvalue weighted by molar-refractivity contribution is 0.0446. The Morgan fingerprint density at radius 2 is 2.59 bits per heavy atom. The third kappa shape index (κ3) is 3.06. The van der Waals surface area contributed by atoms with Crippen LogP contribution >= 0.6 is 11.3 Å². The predicted octanol–water partition coefficient (Wildman–Crippen LogP) is 2.69. The summed E-state index contributed by atoms with van der Waals surface area (Å²) in [4.78, 5) is 1.28. The fraction of sp³-hybridized carbons (Fsp3) is 0.615. The molecule has 2 atom stereocenters. The Kier molecular flexibility index (Phi) is 4.16. The quantitative estimate of drug-likeness (QED) is 0.893. The van der Waals surface area contributed by atoms with Gasteiger partial charge in [0, 0.05) is 25.0 Å². The maximum atomic E-state index is 9.42. The summed E-state index contributed by atoms with van der Waals surface area (Å²) in [5.41, 5.74) is -0.400. The topological polar surface area (TPSA) is 45.0 Å². The minimum atomic E-state index is -0.400. The molecular weight excluding hydrogens is 232 g/mol. The molecule has 17 heavy (non-hydrogen) atoms. The number of hydrogen-bond acceptors (Lipinski definition) is 4. The molecule has 4 heteroatoms. The first-order valence-electron chi connectivity index (χ1n) is 5.99. The van der Waals surface area contributed by atoms with E-state index in [1.54, 1.807) is 18.4 Å². The van der Waals surface area contributed by atoms with Gasteiger partial charge in [-0.05, 0) is 30.7 Å². The number of ether oxygens (including phenoxy) is 1. The van der Waals surface area contributed by atoms with E-state index in [4.69, 9.17) is 4.74 Å². The third-order valence-electron chi connectivity index (χ3n) is 3.43. The summed E-state index contributed by atoms with van der Waals surface area (Å²) in [5, 5.41) is 14.9. The van der Waals surface area contributed by atoms with Crippen molar-refractivity contribution in [3.8, 4) is 6.07 Å². The van der Waals surface area contributed by atoms with Crippen molar-refractivity contribution < 1.29 is 4.74 Å². The third-order valence-corrected chi connectivity index (χ3v) is 4.31. The molecule has 1 saturated carbocycles. The van der Waals surface area contributed by atoms with Gasteiger partial charge in [-0.25, -0.2) is 0 Å². The SMILES string of the molecule is COC1CCCC(C#N)(NCc2cccs2)C1. The summed E-state index contributed by atoms with van der Waals surface area (Å²) in [6.07, 6.45) is 4.07. The van der Waals surface area contributed by atoms with Gasteiger partial charge in [0.1, 0.15) is 5.54 Å². The summed E-state index contributed by atoms with van der Waals surface area (Å²) in [6, 6.07) is 6.60. The fourth-order valence-electron chi connectivity index (χ4n) is 2.40. The number of thiophene rings is 1. The lowest BCUT2D eigenvalue weighted by Crippen LogP contribution is -2.48. The second kappa shape index (κ2) is 5.63. The molecule has 1 aliphatic rings. The average molecular weight is 250 g/mol. The van der Waals surface area contributed by atoms with Crippen molar-refractivity contribution in [3.63, 3.8) is 0 Å². The van der Waals surface area contributed by atoms with E-state index in [0.29, 0.717) is 0 Å². The first-order chi connectivity index (χ1) is 8.28. The van der Waals surface area contributed by atoms with Crippen molar-refractivity contribution >= 4 is 11.3 Å². The molecule has 3 nitrogen and oxygen atoms in total.